The molecule has 0 unspecified atom stereocenters. The van der Waals surface area contributed by atoms with Crippen LogP contribution in [0.15, 0.2) is 17.0 Å². The van der Waals surface area contributed by atoms with Gasteiger partial charge in [0.15, 0.2) is 0 Å². The molecule has 0 amide bonds. The van der Waals surface area contributed by atoms with E-state index in [1.54, 1.807) is 6.92 Å². The highest BCUT2D eigenvalue weighted by Gasteiger charge is 2.22. The van der Waals surface area contributed by atoms with Crippen molar-refractivity contribution in [1.29, 1.82) is 0 Å². The maximum atomic E-state index is 12.9. The molecule has 3 nitrogen and oxygen atoms in total. The topological polar surface area (TPSA) is 54.4 Å². The molecule has 0 heterocycles. The van der Waals surface area contributed by atoms with Crippen LogP contribution in [0.4, 0.5) is 8.78 Å². The van der Waals surface area contributed by atoms with Crippen molar-refractivity contribution in [2.75, 3.05) is 5.75 Å². The lowest BCUT2D eigenvalue weighted by Crippen LogP contribution is -2.09. The van der Waals surface area contributed by atoms with Gasteiger partial charge in [0.2, 0.25) is 0 Å². The summed E-state index contributed by atoms with van der Waals surface area (Å²) in [5, 5.41) is 8.94. The molecule has 1 aromatic carbocycles. The van der Waals surface area contributed by atoms with Crippen molar-refractivity contribution in [2.24, 2.45) is 0 Å². The molecule has 0 aromatic heterocycles. The summed E-state index contributed by atoms with van der Waals surface area (Å²) in [6.45, 7) is 3.20. The lowest BCUT2D eigenvalue weighted by molar-refractivity contribution is 0.0695. The summed E-state index contributed by atoms with van der Waals surface area (Å²) in [6, 6.07) is 2.18. The zero-order valence-corrected chi connectivity index (χ0v) is 10.9. The molecule has 0 aliphatic carbocycles. The Balaban J connectivity index is 3.45. The van der Waals surface area contributed by atoms with Crippen LogP contribution in [0, 0.1) is 6.92 Å². The molecule has 100 valence electrons. The van der Waals surface area contributed by atoms with Crippen LogP contribution in [-0.2, 0) is 10.8 Å². The van der Waals surface area contributed by atoms with Gasteiger partial charge in [-0.25, -0.2) is 13.6 Å². The second-order valence-corrected chi connectivity index (χ2v) is 5.32. The van der Waals surface area contributed by atoms with Crippen molar-refractivity contribution in [3.8, 4) is 0 Å². The van der Waals surface area contributed by atoms with Crippen LogP contribution in [0.5, 0.6) is 0 Å². The number of carboxylic acids is 1. The Morgan fingerprint density at radius 3 is 2.50 bits per heavy atom. The van der Waals surface area contributed by atoms with E-state index in [1.807, 2.05) is 0 Å². The highest BCUT2D eigenvalue weighted by atomic mass is 32.2. The van der Waals surface area contributed by atoms with Crippen LogP contribution >= 0.6 is 0 Å². The molecular formula is C12H14F2O3S. The Labute approximate surface area is 106 Å². The van der Waals surface area contributed by atoms with Gasteiger partial charge < -0.3 is 5.11 Å². The Bertz CT molecular complexity index is 486. The maximum Gasteiger partial charge on any atom is 0.335 e. The third-order valence-corrected chi connectivity index (χ3v) is 4.30. The molecular weight excluding hydrogens is 262 g/mol. The first-order chi connectivity index (χ1) is 8.40. The summed E-state index contributed by atoms with van der Waals surface area (Å²) >= 11 is 0. The first kappa shape index (κ1) is 14.8. The molecule has 1 aromatic rings. The smallest absolute Gasteiger partial charge is 0.335 e. The van der Waals surface area contributed by atoms with E-state index in [0.29, 0.717) is 6.42 Å². The molecule has 0 radical (unpaired) electrons. The van der Waals surface area contributed by atoms with Gasteiger partial charge in [0.1, 0.15) is 0 Å². The van der Waals surface area contributed by atoms with Gasteiger partial charge in [-0.2, -0.15) is 0 Å². The maximum absolute atomic E-state index is 12.9. The zero-order chi connectivity index (χ0) is 13.9. The van der Waals surface area contributed by atoms with Gasteiger partial charge in [-0.1, -0.05) is 13.0 Å². The Hall–Kier alpha value is -1.30. The first-order valence-electron chi connectivity index (χ1n) is 5.43. The monoisotopic (exact) mass is 276 g/mol. The number of hydrogen-bond donors (Lipinski definition) is 1. The average molecular weight is 276 g/mol. The summed E-state index contributed by atoms with van der Waals surface area (Å²) in [4.78, 5) is 10.9. The Kier molecular flexibility index (Phi) is 4.95. The van der Waals surface area contributed by atoms with E-state index in [4.69, 9.17) is 5.11 Å². The van der Waals surface area contributed by atoms with Gasteiger partial charge in [0.05, 0.1) is 21.3 Å². The van der Waals surface area contributed by atoms with Crippen LogP contribution in [0.2, 0.25) is 0 Å². The molecule has 1 rings (SSSR count). The van der Waals surface area contributed by atoms with Crippen molar-refractivity contribution >= 4 is 16.8 Å². The Morgan fingerprint density at radius 2 is 2.06 bits per heavy atom. The molecule has 0 aliphatic heterocycles. The Morgan fingerprint density at radius 1 is 1.44 bits per heavy atom. The van der Waals surface area contributed by atoms with E-state index >= 15 is 0 Å². The fourth-order valence-corrected chi connectivity index (χ4v) is 3.15. The molecule has 0 bridgehead atoms. The van der Waals surface area contributed by atoms with Crippen molar-refractivity contribution in [3.05, 3.63) is 28.8 Å². The van der Waals surface area contributed by atoms with E-state index < -0.39 is 23.2 Å². The number of rotatable bonds is 5. The van der Waals surface area contributed by atoms with Crippen LogP contribution in [-0.4, -0.2) is 21.0 Å². The minimum Gasteiger partial charge on any atom is -0.478 e. The van der Waals surface area contributed by atoms with Gasteiger partial charge in [-0.05, 0) is 25.0 Å². The second kappa shape index (κ2) is 6.04. The number of carbonyl (C=O) groups is 1. The van der Waals surface area contributed by atoms with E-state index in [1.165, 1.54) is 6.92 Å². The van der Waals surface area contributed by atoms with Crippen molar-refractivity contribution in [2.45, 2.75) is 31.6 Å². The third kappa shape index (κ3) is 2.93. The van der Waals surface area contributed by atoms with Gasteiger partial charge in [0, 0.05) is 11.3 Å². The molecule has 0 saturated heterocycles. The van der Waals surface area contributed by atoms with Crippen LogP contribution in [0.1, 0.15) is 41.3 Å². The third-order valence-electron chi connectivity index (χ3n) is 2.52. The summed E-state index contributed by atoms with van der Waals surface area (Å²) < 4.78 is 37.7. The minimum absolute atomic E-state index is 0.0354. The van der Waals surface area contributed by atoms with Crippen molar-refractivity contribution in [1.82, 2.24) is 0 Å². The summed E-state index contributed by atoms with van der Waals surface area (Å²) in [6.07, 6.45) is -2.19. The predicted octanol–water partition coefficient (Wildman–Crippen LogP) is 3.15. The number of hydrogen-bond acceptors (Lipinski definition) is 2. The molecule has 18 heavy (non-hydrogen) atoms. The SMILES string of the molecule is CCC[S@](=O)c1c(C(F)F)ccc(C(=O)O)c1C. The molecule has 6 heteroatoms. The molecule has 0 fully saturated rings. The van der Waals surface area contributed by atoms with E-state index in [9.17, 15) is 17.8 Å². The highest BCUT2D eigenvalue weighted by molar-refractivity contribution is 7.85. The number of halogens is 2. The largest absolute Gasteiger partial charge is 0.478 e. The summed E-state index contributed by atoms with van der Waals surface area (Å²) in [7, 11) is -1.60. The average Bonchev–Trinajstić information content (AvgIpc) is 2.27. The fourth-order valence-electron chi connectivity index (χ4n) is 1.71. The van der Waals surface area contributed by atoms with Gasteiger partial charge in [-0.3, -0.25) is 4.21 Å². The number of benzene rings is 1. The molecule has 0 aliphatic rings. The van der Waals surface area contributed by atoms with Gasteiger partial charge >= 0.3 is 5.97 Å². The lowest BCUT2D eigenvalue weighted by atomic mass is 10.1. The molecule has 0 spiro atoms. The molecule has 0 saturated carbocycles. The number of carboxylic acid groups (broad SMARTS) is 1. The predicted molar refractivity (Wildman–Crippen MR) is 64.7 cm³/mol. The highest BCUT2D eigenvalue weighted by Crippen LogP contribution is 2.30. The van der Waals surface area contributed by atoms with Crippen LogP contribution < -0.4 is 0 Å². The van der Waals surface area contributed by atoms with E-state index in [-0.39, 0.29) is 27.3 Å². The van der Waals surface area contributed by atoms with E-state index in [0.717, 1.165) is 12.1 Å². The standard InChI is InChI=1S/C12H14F2O3S/c1-3-6-18(17)10-7(2)8(12(15)16)4-5-9(10)11(13)14/h4-5,11H,3,6H2,1-2H3,(H,15,16)/t18-/m0/s1. The summed E-state index contributed by atoms with van der Waals surface area (Å²) in [5.41, 5.74) is -0.268. The van der Waals surface area contributed by atoms with Crippen LogP contribution in [0.3, 0.4) is 0 Å². The van der Waals surface area contributed by atoms with Crippen molar-refractivity contribution in [3.63, 3.8) is 0 Å². The second-order valence-electron chi connectivity index (χ2n) is 3.81. The summed E-state index contributed by atoms with van der Waals surface area (Å²) in [5.74, 6) is -0.966. The first-order valence-corrected chi connectivity index (χ1v) is 6.75. The fraction of sp³-hybridized carbons (Fsp3) is 0.417. The van der Waals surface area contributed by atoms with Gasteiger partial charge in [0.25, 0.3) is 6.43 Å². The quantitative estimate of drug-likeness (QED) is 0.898. The lowest BCUT2D eigenvalue weighted by Gasteiger charge is -2.13. The minimum atomic E-state index is -2.76. The normalized spacial score (nSPS) is 12.7. The van der Waals surface area contributed by atoms with Gasteiger partial charge in [-0.15, -0.1) is 0 Å². The zero-order valence-electron chi connectivity index (χ0n) is 10.1. The van der Waals surface area contributed by atoms with Crippen molar-refractivity contribution < 1.29 is 22.9 Å². The van der Waals surface area contributed by atoms with Crippen LogP contribution in [0.25, 0.3) is 0 Å². The number of alkyl halides is 2. The molecule has 1 N–H and O–H groups in total. The molecule has 1 atom stereocenters. The number of aromatic carboxylic acids is 1. The van der Waals surface area contributed by atoms with E-state index in [2.05, 4.69) is 0 Å².